The number of carbonyl (C=O) groups excluding carboxylic acids is 2. The Hall–Kier alpha value is -4.07. The van der Waals surface area contributed by atoms with Gasteiger partial charge in [-0.25, -0.2) is 9.07 Å². The van der Waals surface area contributed by atoms with Crippen LogP contribution in [0.3, 0.4) is 0 Å². The molecule has 1 aliphatic carbocycles. The molecule has 7 nitrogen and oxygen atoms in total. The first-order valence-electron chi connectivity index (χ1n) is 12.6. The Morgan fingerprint density at radius 1 is 1.05 bits per heavy atom. The van der Waals surface area contributed by atoms with Gasteiger partial charge in [0.05, 0.1) is 5.52 Å². The molecule has 1 aliphatic rings. The van der Waals surface area contributed by atoms with Gasteiger partial charge in [-0.1, -0.05) is 66.1 Å². The summed E-state index contributed by atoms with van der Waals surface area (Å²) in [4.78, 5) is 29.4. The molecule has 1 heterocycles. The molecule has 37 heavy (non-hydrogen) atoms. The van der Waals surface area contributed by atoms with Gasteiger partial charge in [-0.05, 0) is 56.5 Å². The third-order valence-electron chi connectivity index (χ3n) is 6.99. The van der Waals surface area contributed by atoms with Crippen molar-refractivity contribution in [3.05, 3.63) is 89.2 Å². The minimum Gasteiger partial charge on any atom is -0.351 e. The molecule has 0 unspecified atom stereocenters. The van der Waals surface area contributed by atoms with Crippen LogP contribution in [-0.2, 0) is 16.1 Å². The number of para-hydroxylation sites is 1. The van der Waals surface area contributed by atoms with E-state index >= 15 is 4.39 Å². The molecule has 0 saturated heterocycles. The normalized spacial score (nSPS) is 14.6. The Kier molecular flexibility index (Phi) is 6.99. The molecule has 5 rings (SSSR count). The van der Waals surface area contributed by atoms with Gasteiger partial charge in [0.1, 0.15) is 23.9 Å². The highest BCUT2D eigenvalue weighted by Gasteiger charge is 2.36. The van der Waals surface area contributed by atoms with Crippen molar-refractivity contribution in [2.45, 2.75) is 58.2 Å². The van der Waals surface area contributed by atoms with Crippen LogP contribution < -0.4 is 10.2 Å². The summed E-state index contributed by atoms with van der Waals surface area (Å²) in [6.45, 7) is 3.70. The minimum absolute atomic E-state index is 0.0112. The van der Waals surface area contributed by atoms with E-state index in [-0.39, 0.29) is 18.2 Å². The summed E-state index contributed by atoms with van der Waals surface area (Å²) in [6.07, 6.45) is 3.82. The summed E-state index contributed by atoms with van der Waals surface area (Å²) >= 11 is 0. The quantitative estimate of drug-likeness (QED) is 0.387. The lowest BCUT2D eigenvalue weighted by atomic mass is 10.00. The first-order chi connectivity index (χ1) is 17.9. The Bertz CT molecular complexity index is 1440. The van der Waals surface area contributed by atoms with Gasteiger partial charge in [0, 0.05) is 17.3 Å². The van der Waals surface area contributed by atoms with Crippen molar-refractivity contribution in [3.63, 3.8) is 0 Å². The third-order valence-corrected chi connectivity index (χ3v) is 6.99. The number of aromatic nitrogens is 3. The summed E-state index contributed by atoms with van der Waals surface area (Å²) < 4.78 is 16.8. The van der Waals surface area contributed by atoms with Crippen LogP contribution in [0, 0.1) is 19.7 Å². The summed E-state index contributed by atoms with van der Waals surface area (Å²) in [5.74, 6) is -1.32. The van der Waals surface area contributed by atoms with Crippen molar-refractivity contribution in [3.8, 4) is 0 Å². The fraction of sp³-hybridized carbons (Fsp3) is 0.310. The highest BCUT2D eigenvalue weighted by atomic mass is 19.1. The van der Waals surface area contributed by atoms with Crippen molar-refractivity contribution >= 4 is 28.5 Å². The molecule has 3 aromatic carbocycles. The molecule has 190 valence electrons. The van der Waals surface area contributed by atoms with Crippen molar-refractivity contribution in [1.29, 1.82) is 0 Å². The van der Waals surface area contributed by atoms with E-state index in [2.05, 4.69) is 15.6 Å². The summed E-state index contributed by atoms with van der Waals surface area (Å²) in [5, 5.41) is 11.4. The van der Waals surface area contributed by atoms with E-state index in [4.69, 9.17) is 0 Å². The fourth-order valence-electron chi connectivity index (χ4n) is 5.18. The lowest BCUT2D eigenvalue weighted by Crippen LogP contribution is -2.48. The number of carbonyl (C=O) groups is 2. The van der Waals surface area contributed by atoms with Gasteiger partial charge in [-0.2, -0.15) is 0 Å². The van der Waals surface area contributed by atoms with Gasteiger partial charge >= 0.3 is 0 Å². The number of hydrogen-bond donors (Lipinski definition) is 1. The van der Waals surface area contributed by atoms with Crippen LogP contribution in [0.5, 0.6) is 0 Å². The van der Waals surface area contributed by atoms with Gasteiger partial charge in [0.25, 0.3) is 0 Å². The zero-order chi connectivity index (χ0) is 25.9. The number of halogens is 1. The Labute approximate surface area is 215 Å². The molecule has 8 heteroatoms. The van der Waals surface area contributed by atoms with Gasteiger partial charge in [0.2, 0.25) is 11.8 Å². The van der Waals surface area contributed by atoms with Crippen LogP contribution in [0.4, 0.5) is 10.1 Å². The Balaban J connectivity index is 1.61. The SMILES string of the molecule is Cc1ccc(N(C(=O)Cn2nnc3ccccc32)[C@H](C(=O)NC2CCCC2)c2ccccc2F)c(C)c1. The predicted octanol–water partition coefficient (Wildman–Crippen LogP) is 5.02. The fourth-order valence-corrected chi connectivity index (χ4v) is 5.18. The third kappa shape index (κ3) is 5.09. The van der Waals surface area contributed by atoms with E-state index < -0.39 is 23.7 Å². The van der Waals surface area contributed by atoms with Gasteiger partial charge in [-0.15, -0.1) is 5.10 Å². The molecule has 1 atom stereocenters. The molecule has 0 radical (unpaired) electrons. The molecule has 1 saturated carbocycles. The van der Waals surface area contributed by atoms with Crippen LogP contribution in [0.2, 0.25) is 0 Å². The second-order valence-electron chi connectivity index (χ2n) is 9.70. The van der Waals surface area contributed by atoms with E-state index in [1.165, 1.54) is 15.6 Å². The minimum atomic E-state index is -1.19. The first-order valence-corrected chi connectivity index (χ1v) is 12.6. The average molecular weight is 500 g/mol. The zero-order valence-corrected chi connectivity index (χ0v) is 21.0. The van der Waals surface area contributed by atoms with Crippen molar-refractivity contribution in [2.75, 3.05) is 4.90 Å². The number of hydrogen-bond acceptors (Lipinski definition) is 4. The number of aryl methyl sites for hydroxylation is 2. The Morgan fingerprint density at radius 3 is 2.54 bits per heavy atom. The summed E-state index contributed by atoms with van der Waals surface area (Å²) in [5.41, 5.74) is 3.90. The van der Waals surface area contributed by atoms with Crippen LogP contribution >= 0.6 is 0 Å². The summed E-state index contributed by atoms with van der Waals surface area (Å²) in [7, 11) is 0. The lowest BCUT2D eigenvalue weighted by molar-refractivity contribution is -0.127. The monoisotopic (exact) mass is 499 g/mol. The second kappa shape index (κ2) is 10.5. The van der Waals surface area contributed by atoms with Gasteiger partial charge in [0.15, 0.2) is 0 Å². The van der Waals surface area contributed by atoms with Crippen LogP contribution in [0.15, 0.2) is 66.7 Å². The largest absolute Gasteiger partial charge is 0.351 e. The van der Waals surface area contributed by atoms with Crippen LogP contribution in [0.1, 0.15) is 48.4 Å². The van der Waals surface area contributed by atoms with Gasteiger partial charge < -0.3 is 5.32 Å². The molecule has 0 bridgehead atoms. The molecular weight excluding hydrogens is 469 g/mol. The molecule has 0 aliphatic heterocycles. The van der Waals surface area contributed by atoms with E-state index in [9.17, 15) is 9.59 Å². The van der Waals surface area contributed by atoms with E-state index in [1.54, 1.807) is 18.2 Å². The highest BCUT2D eigenvalue weighted by Crippen LogP contribution is 2.33. The molecular formula is C29H30FN5O2. The van der Waals surface area contributed by atoms with Crippen LogP contribution in [-0.4, -0.2) is 32.9 Å². The standard InChI is InChI=1S/C29H30FN5O2/c1-19-15-16-25(20(2)17-19)35(27(36)18-34-26-14-8-7-13-24(26)32-33-34)28(22-11-5-6-12-23(22)30)29(37)31-21-9-3-4-10-21/h5-8,11-17,21,28H,3-4,9-10,18H2,1-2H3,(H,31,37)/t28-/m0/s1. The number of nitrogens with zero attached hydrogens (tertiary/aromatic N) is 4. The maximum atomic E-state index is 15.3. The topological polar surface area (TPSA) is 80.1 Å². The molecule has 4 aromatic rings. The lowest BCUT2D eigenvalue weighted by Gasteiger charge is -2.33. The number of rotatable bonds is 7. The van der Waals surface area contributed by atoms with E-state index in [1.807, 2.05) is 56.3 Å². The Morgan fingerprint density at radius 2 is 1.78 bits per heavy atom. The number of fused-ring (bicyclic) bond motifs is 1. The maximum Gasteiger partial charge on any atom is 0.249 e. The van der Waals surface area contributed by atoms with Crippen molar-refractivity contribution in [2.24, 2.45) is 0 Å². The molecule has 0 spiro atoms. The number of nitrogens with one attached hydrogen (secondary N) is 1. The maximum absolute atomic E-state index is 15.3. The summed E-state index contributed by atoms with van der Waals surface area (Å²) in [6, 6.07) is 18.0. The van der Waals surface area contributed by atoms with Crippen molar-refractivity contribution < 1.29 is 14.0 Å². The number of amides is 2. The predicted molar refractivity (Wildman–Crippen MR) is 140 cm³/mol. The van der Waals surface area contributed by atoms with Crippen LogP contribution in [0.25, 0.3) is 11.0 Å². The average Bonchev–Trinajstić information content (AvgIpc) is 3.54. The number of anilines is 1. The van der Waals surface area contributed by atoms with E-state index in [0.29, 0.717) is 16.7 Å². The molecule has 1 fully saturated rings. The van der Waals surface area contributed by atoms with Crippen molar-refractivity contribution in [1.82, 2.24) is 20.3 Å². The smallest absolute Gasteiger partial charge is 0.249 e. The number of benzene rings is 3. The molecule has 1 aromatic heterocycles. The first kappa shape index (κ1) is 24.6. The zero-order valence-electron chi connectivity index (χ0n) is 21.0. The second-order valence-corrected chi connectivity index (χ2v) is 9.70. The van der Waals surface area contributed by atoms with Gasteiger partial charge in [-0.3, -0.25) is 14.5 Å². The highest BCUT2D eigenvalue weighted by molar-refractivity contribution is 6.02. The molecule has 2 amide bonds. The van der Waals surface area contributed by atoms with E-state index in [0.717, 1.165) is 36.8 Å². The molecule has 1 N–H and O–H groups in total.